The zero-order valence-corrected chi connectivity index (χ0v) is 40.4. The third-order valence-electron chi connectivity index (χ3n) is 14.3. The van der Waals surface area contributed by atoms with Crippen LogP contribution in [0.4, 0.5) is 9.59 Å². The first-order chi connectivity index (χ1) is 32.7. The summed E-state index contributed by atoms with van der Waals surface area (Å²) in [4.78, 5) is 110. The van der Waals surface area contributed by atoms with Crippen molar-refractivity contribution in [3.8, 4) is 23.7 Å². The highest BCUT2D eigenvalue weighted by Gasteiger charge is 2.50. The lowest BCUT2D eigenvalue weighted by atomic mass is 10.1. The summed E-state index contributed by atoms with van der Waals surface area (Å²) >= 11 is 0. The first-order valence-corrected chi connectivity index (χ1v) is 24.8. The fourth-order valence-electron chi connectivity index (χ4n) is 10.1. The van der Waals surface area contributed by atoms with E-state index >= 15 is 0 Å². The van der Waals surface area contributed by atoms with E-state index in [9.17, 15) is 38.4 Å². The maximum Gasteiger partial charge on any atom is 0.407 e. The van der Waals surface area contributed by atoms with E-state index in [1.54, 1.807) is 37.5 Å². The highest BCUT2D eigenvalue weighted by atomic mass is 16.6. The van der Waals surface area contributed by atoms with E-state index in [2.05, 4.69) is 34.3 Å². The maximum atomic E-state index is 13.5. The Balaban J connectivity index is 0.934. The number of ether oxygens (including phenoxy) is 4. The molecule has 6 aliphatic rings. The number of piperazine rings is 2. The van der Waals surface area contributed by atoms with Crippen molar-refractivity contribution in [1.29, 1.82) is 0 Å². The molecule has 0 bridgehead atoms. The van der Waals surface area contributed by atoms with Crippen LogP contribution in [0.2, 0.25) is 0 Å². The highest BCUT2D eigenvalue weighted by molar-refractivity contribution is 6.01. The summed E-state index contributed by atoms with van der Waals surface area (Å²) in [5, 5.41) is 5.26. The van der Waals surface area contributed by atoms with E-state index in [1.165, 1.54) is 0 Å². The number of fused-ring (bicyclic) bond motifs is 2. The molecular weight excluding hydrogens is 877 g/mol. The Kier molecular flexibility index (Phi) is 19.5. The van der Waals surface area contributed by atoms with Crippen LogP contribution in [0, 0.1) is 71.0 Å². The normalized spacial score (nSPS) is 26.6. The predicted octanol–water partition coefficient (Wildman–Crippen LogP) is 2.66. The van der Waals surface area contributed by atoms with E-state index in [0.717, 1.165) is 51.4 Å². The lowest BCUT2D eigenvalue weighted by Gasteiger charge is -2.41. The molecule has 2 saturated heterocycles. The van der Waals surface area contributed by atoms with Crippen LogP contribution in [0.5, 0.6) is 0 Å². The second kappa shape index (κ2) is 25.4. The van der Waals surface area contributed by atoms with Crippen molar-refractivity contribution >= 4 is 47.5 Å². The fraction of sp³-hybridized carbons (Fsp3) is 0.760. The number of amides is 4. The summed E-state index contributed by atoms with van der Waals surface area (Å²) in [5.74, 6) is 12.7. The topological polar surface area (TPSA) is 210 Å². The van der Waals surface area contributed by atoms with Gasteiger partial charge in [0.1, 0.15) is 19.8 Å². The highest BCUT2D eigenvalue weighted by Crippen LogP contribution is 2.53. The number of esters is 2. The maximum absolute atomic E-state index is 13.5. The van der Waals surface area contributed by atoms with Crippen molar-refractivity contribution in [3.05, 3.63) is 0 Å². The van der Waals surface area contributed by atoms with Crippen LogP contribution in [0.15, 0.2) is 0 Å². The molecule has 4 aliphatic carbocycles. The molecule has 0 aromatic rings. The Morgan fingerprint density at radius 3 is 1.37 bits per heavy atom. The van der Waals surface area contributed by atoms with Gasteiger partial charge in [-0.25, -0.2) is 9.59 Å². The Hall–Kier alpha value is -5.20. The Labute approximate surface area is 400 Å². The third kappa shape index (κ3) is 15.7. The molecular formula is C50H72N6O12. The van der Waals surface area contributed by atoms with Gasteiger partial charge < -0.3 is 39.4 Å². The van der Waals surface area contributed by atoms with Gasteiger partial charge in [-0.1, -0.05) is 27.7 Å². The van der Waals surface area contributed by atoms with Gasteiger partial charge in [0.15, 0.2) is 11.6 Å². The molecule has 0 aromatic heterocycles. The van der Waals surface area contributed by atoms with Crippen molar-refractivity contribution in [1.82, 2.24) is 30.2 Å². The van der Waals surface area contributed by atoms with Crippen LogP contribution in [-0.2, 0) is 47.7 Å². The number of Topliss-reactive ketones (excluding diaryl/α,β-unsaturated/α-hetero) is 2. The van der Waals surface area contributed by atoms with Crippen LogP contribution >= 0.6 is 0 Å². The molecule has 18 heteroatoms. The molecule has 0 radical (unpaired) electrons. The summed E-state index contributed by atoms with van der Waals surface area (Å²) in [6, 6.07) is -1.05. The zero-order valence-electron chi connectivity index (χ0n) is 40.4. The largest absolute Gasteiger partial charge is 0.464 e. The smallest absolute Gasteiger partial charge is 0.407 e. The second-order valence-electron chi connectivity index (χ2n) is 19.8. The lowest BCUT2D eigenvalue weighted by Crippen LogP contribution is -2.59. The van der Waals surface area contributed by atoms with E-state index in [1.807, 2.05) is 9.80 Å². The van der Waals surface area contributed by atoms with Gasteiger partial charge in [-0.2, -0.15) is 0 Å². The minimum Gasteiger partial charge on any atom is -0.464 e. The summed E-state index contributed by atoms with van der Waals surface area (Å²) in [6.07, 6.45) is 6.01. The number of nitrogens with zero attached hydrogens (tertiary/aromatic N) is 4. The Bertz CT molecular complexity index is 1930. The molecule has 18 nitrogen and oxygen atoms in total. The summed E-state index contributed by atoms with van der Waals surface area (Å²) < 4.78 is 22.1. The summed E-state index contributed by atoms with van der Waals surface area (Å²) in [7, 11) is 0. The number of nitrogens with one attached hydrogen (secondary N) is 2. The van der Waals surface area contributed by atoms with Crippen molar-refractivity contribution in [2.75, 3.05) is 91.9 Å². The molecule has 2 saturated carbocycles. The number of alkyl carbamates (subject to hydrolysis) is 2. The number of rotatable bonds is 21. The number of carbonyl (C=O) groups excluding carboxylic acids is 8. The molecule has 6 rings (SSSR count). The third-order valence-corrected chi connectivity index (χ3v) is 14.3. The van der Waals surface area contributed by atoms with Gasteiger partial charge in [0.2, 0.25) is 11.8 Å². The lowest BCUT2D eigenvalue weighted by molar-refractivity contribution is -0.151. The first kappa shape index (κ1) is 52.2. The summed E-state index contributed by atoms with van der Waals surface area (Å²) in [6.45, 7) is 8.36. The zero-order chi connectivity index (χ0) is 48.7. The van der Waals surface area contributed by atoms with Crippen LogP contribution in [0.3, 0.4) is 0 Å². The van der Waals surface area contributed by atoms with Crippen LogP contribution in [0.1, 0.15) is 91.9 Å². The van der Waals surface area contributed by atoms with Crippen LogP contribution in [0.25, 0.3) is 0 Å². The summed E-state index contributed by atoms with van der Waals surface area (Å²) in [5.41, 5.74) is 0. The molecule has 4 unspecified atom stereocenters. The average Bonchev–Trinajstić information content (AvgIpc) is 4.16. The van der Waals surface area contributed by atoms with Crippen LogP contribution < -0.4 is 10.6 Å². The predicted molar refractivity (Wildman–Crippen MR) is 247 cm³/mol. The second-order valence-corrected chi connectivity index (χ2v) is 19.8. The molecule has 8 atom stereocenters. The Morgan fingerprint density at radius 1 is 0.529 bits per heavy atom. The van der Waals surface area contributed by atoms with Gasteiger partial charge in [-0.05, 0) is 61.2 Å². The van der Waals surface area contributed by atoms with Gasteiger partial charge in [0.05, 0.1) is 56.6 Å². The quantitative estimate of drug-likeness (QED) is 0.0734. The van der Waals surface area contributed by atoms with E-state index in [4.69, 9.17) is 18.9 Å². The van der Waals surface area contributed by atoms with Crippen molar-refractivity contribution in [2.24, 2.45) is 47.3 Å². The van der Waals surface area contributed by atoms with Gasteiger partial charge in [0.25, 0.3) is 0 Å². The number of carbonyl (C=O) groups is 8. The van der Waals surface area contributed by atoms with Crippen molar-refractivity contribution in [2.45, 2.75) is 104 Å². The van der Waals surface area contributed by atoms with Crippen molar-refractivity contribution < 1.29 is 57.3 Å². The standard InChI is InChI=1S/C50H72N6O12/c1-33(2)47(61)65-29-35-25-55(45(59)17-18-51-49(63)67-31-43-39-13-9-5-6-10-14-40(39)43)21-19-53(35)27-37(57)23-38(58)28-54-20-22-56(26-36(54)30-66-48(62)34(3)4)46(60)24-52-50(64)68-32-44-41-15-11-7-8-12-16-42(41)44/h33-36,39-44H,9-32H2,1-4H3,(H,51,63)(H,52,64)/t35?,36?,39-,40+,41-,42+,43?,44?. The SMILES string of the molecule is CC(C)C(=O)OCC1CN(C(=O)CCNC(=O)OCC2[C@H]3CCC#CCC[C@@H]23)CCN1CC(=O)CC(=O)CN1CCN(C(=O)CNC(=O)OCC2[C@H]3CCC#CCC[C@@H]23)CC1COC(=O)C(C)C. The van der Waals surface area contributed by atoms with E-state index in [-0.39, 0.29) is 114 Å². The molecule has 0 aromatic carbocycles. The number of hydrogen-bond donors (Lipinski definition) is 2. The minimum atomic E-state index is -0.658. The number of hydrogen-bond acceptors (Lipinski definition) is 14. The Morgan fingerprint density at radius 2 is 0.941 bits per heavy atom. The van der Waals surface area contributed by atoms with Crippen LogP contribution in [-0.4, -0.2) is 171 Å². The molecule has 68 heavy (non-hydrogen) atoms. The first-order valence-electron chi connectivity index (χ1n) is 24.8. The molecule has 2 aliphatic heterocycles. The van der Waals surface area contributed by atoms with Gasteiger partial charge in [-0.3, -0.25) is 38.6 Å². The molecule has 0 spiro atoms. The number of ketones is 2. The van der Waals surface area contributed by atoms with E-state index in [0.29, 0.717) is 61.8 Å². The fourth-order valence-corrected chi connectivity index (χ4v) is 10.1. The molecule has 2 N–H and O–H groups in total. The van der Waals surface area contributed by atoms with E-state index < -0.39 is 36.2 Å². The average molecular weight is 949 g/mol. The molecule has 4 fully saturated rings. The van der Waals surface area contributed by atoms with Gasteiger partial charge in [-0.15, -0.1) is 23.7 Å². The van der Waals surface area contributed by atoms with Gasteiger partial charge in [0, 0.05) is 77.9 Å². The van der Waals surface area contributed by atoms with Crippen molar-refractivity contribution in [3.63, 3.8) is 0 Å². The molecule has 2 heterocycles. The molecule has 374 valence electrons. The monoisotopic (exact) mass is 949 g/mol. The minimum absolute atomic E-state index is 0.0384. The van der Waals surface area contributed by atoms with Gasteiger partial charge >= 0.3 is 24.1 Å². The molecule has 4 amide bonds.